The predicted molar refractivity (Wildman–Crippen MR) is 82.4 cm³/mol. The molecule has 1 unspecified atom stereocenters. The van der Waals surface area contributed by atoms with Crippen molar-refractivity contribution in [2.45, 2.75) is 47.0 Å². The molecule has 2 nitrogen and oxygen atoms in total. The number of benzene rings is 1. The zero-order valence-electron chi connectivity index (χ0n) is 12.4. The van der Waals surface area contributed by atoms with Crippen molar-refractivity contribution in [2.75, 3.05) is 11.5 Å². The van der Waals surface area contributed by atoms with Gasteiger partial charge in [0, 0.05) is 22.1 Å². The highest BCUT2D eigenvalue weighted by molar-refractivity contribution is 7.85. The minimum Gasteiger partial charge on any atom is -0.293 e. The Morgan fingerprint density at radius 2 is 1.68 bits per heavy atom. The second kappa shape index (κ2) is 7.59. The molecular formula is C16H24O2S. The average molecular weight is 280 g/mol. The van der Waals surface area contributed by atoms with E-state index in [2.05, 4.69) is 6.92 Å². The first-order chi connectivity index (χ1) is 8.95. The Hall–Kier alpha value is -0.960. The van der Waals surface area contributed by atoms with E-state index in [1.54, 1.807) is 0 Å². The normalized spacial score (nSPS) is 12.4. The third-order valence-electron chi connectivity index (χ3n) is 3.41. The fourth-order valence-electron chi connectivity index (χ4n) is 2.07. The number of aryl methyl sites for hydroxylation is 3. The summed E-state index contributed by atoms with van der Waals surface area (Å²) in [5, 5.41) is 0. The molecule has 0 saturated heterocycles. The molecule has 19 heavy (non-hydrogen) atoms. The third-order valence-corrected chi connectivity index (χ3v) is 4.74. The van der Waals surface area contributed by atoms with Crippen LogP contribution in [0.15, 0.2) is 12.1 Å². The molecule has 0 radical (unpaired) electrons. The van der Waals surface area contributed by atoms with Crippen LogP contribution < -0.4 is 0 Å². The van der Waals surface area contributed by atoms with E-state index in [0.29, 0.717) is 5.75 Å². The van der Waals surface area contributed by atoms with Crippen LogP contribution in [0, 0.1) is 20.8 Å². The van der Waals surface area contributed by atoms with E-state index in [0.717, 1.165) is 36.0 Å². The summed E-state index contributed by atoms with van der Waals surface area (Å²) in [6, 6.07) is 3.96. The van der Waals surface area contributed by atoms with Crippen LogP contribution in [0.5, 0.6) is 0 Å². The Bertz CT molecular complexity index is 478. The standard InChI is InChI=1S/C16H24O2S/c1-5-6-7-8-19(18)11-16(17)15-10-13(3)12(2)9-14(15)4/h9-10H,5-8,11H2,1-4H3. The molecular weight excluding hydrogens is 256 g/mol. The number of ketones is 1. The summed E-state index contributed by atoms with van der Waals surface area (Å²) >= 11 is 0. The molecule has 106 valence electrons. The predicted octanol–water partition coefficient (Wildman–Crippen LogP) is 3.73. The molecule has 1 atom stereocenters. The number of carbonyl (C=O) groups excluding carboxylic acids is 1. The van der Waals surface area contributed by atoms with Gasteiger partial charge in [0.15, 0.2) is 5.78 Å². The second-order valence-electron chi connectivity index (χ2n) is 5.17. The highest BCUT2D eigenvalue weighted by Crippen LogP contribution is 2.16. The van der Waals surface area contributed by atoms with Crippen LogP contribution in [0.3, 0.4) is 0 Å². The first kappa shape index (κ1) is 16.1. The smallest absolute Gasteiger partial charge is 0.175 e. The van der Waals surface area contributed by atoms with Gasteiger partial charge in [0.1, 0.15) is 0 Å². The summed E-state index contributed by atoms with van der Waals surface area (Å²) in [6.07, 6.45) is 3.15. The van der Waals surface area contributed by atoms with Gasteiger partial charge >= 0.3 is 0 Å². The fraction of sp³-hybridized carbons (Fsp3) is 0.562. The van der Waals surface area contributed by atoms with Gasteiger partial charge < -0.3 is 0 Å². The van der Waals surface area contributed by atoms with E-state index in [4.69, 9.17) is 0 Å². The Morgan fingerprint density at radius 1 is 1.05 bits per heavy atom. The molecule has 0 saturated carbocycles. The van der Waals surface area contributed by atoms with Crippen LogP contribution in [-0.4, -0.2) is 21.5 Å². The first-order valence-electron chi connectivity index (χ1n) is 6.91. The van der Waals surface area contributed by atoms with E-state index < -0.39 is 10.8 Å². The molecule has 0 aliphatic rings. The monoisotopic (exact) mass is 280 g/mol. The van der Waals surface area contributed by atoms with Crippen LogP contribution >= 0.6 is 0 Å². The molecule has 0 aromatic heterocycles. The number of unbranched alkanes of at least 4 members (excludes halogenated alkanes) is 2. The van der Waals surface area contributed by atoms with Crippen LogP contribution in [0.1, 0.15) is 53.2 Å². The van der Waals surface area contributed by atoms with Crippen LogP contribution in [0.4, 0.5) is 0 Å². The van der Waals surface area contributed by atoms with E-state index in [1.807, 2.05) is 32.9 Å². The van der Waals surface area contributed by atoms with Crippen molar-refractivity contribution in [1.82, 2.24) is 0 Å². The molecule has 0 heterocycles. The zero-order valence-corrected chi connectivity index (χ0v) is 13.2. The van der Waals surface area contributed by atoms with Gasteiger partial charge in [0.25, 0.3) is 0 Å². The topological polar surface area (TPSA) is 34.1 Å². The molecule has 0 bridgehead atoms. The van der Waals surface area contributed by atoms with Gasteiger partial charge in [-0.15, -0.1) is 0 Å². The summed E-state index contributed by atoms with van der Waals surface area (Å²) in [6.45, 7) is 8.11. The highest BCUT2D eigenvalue weighted by atomic mass is 32.2. The summed E-state index contributed by atoms with van der Waals surface area (Å²) < 4.78 is 11.9. The van der Waals surface area contributed by atoms with E-state index in [-0.39, 0.29) is 11.5 Å². The maximum atomic E-state index is 12.2. The van der Waals surface area contributed by atoms with Crippen molar-refractivity contribution >= 4 is 16.6 Å². The molecule has 0 amide bonds. The van der Waals surface area contributed by atoms with Crippen molar-refractivity contribution in [3.05, 3.63) is 34.4 Å². The zero-order chi connectivity index (χ0) is 14.4. The summed E-state index contributed by atoms with van der Waals surface area (Å²) in [4.78, 5) is 12.2. The van der Waals surface area contributed by atoms with Gasteiger partial charge in [-0.05, 0) is 49.9 Å². The van der Waals surface area contributed by atoms with E-state index in [9.17, 15) is 9.00 Å². The number of Topliss-reactive ketones (excluding diaryl/α,β-unsaturated/α-hetero) is 1. The Balaban J connectivity index is 2.68. The lowest BCUT2D eigenvalue weighted by atomic mass is 9.99. The van der Waals surface area contributed by atoms with Gasteiger partial charge in [-0.25, -0.2) is 0 Å². The fourth-order valence-corrected chi connectivity index (χ4v) is 3.19. The molecule has 3 heteroatoms. The Kier molecular flexibility index (Phi) is 6.43. The lowest BCUT2D eigenvalue weighted by Crippen LogP contribution is -2.15. The SMILES string of the molecule is CCCCCS(=O)CC(=O)c1cc(C)c(C)cc1C. The molecule has 0 aliphatic heterocycles. The minimum atomic E-state index is -1.02. The summed E-state index contributed by atoms with van der Waals surface area (Å²) in [7, 11) is -1.02. The maximum absolute atomic E-state index is 12.2. The van der Waals surface area contributed by atoms with E-state index >= 15 is 0 Å². The maximum Gasteiger partial charge on any atom is 0.175 e. The number of rotatable bonds is 7. The highest BCUT2D eigenvalue weighted by Gasteiger charge is 2.13. The number of carbonyl (C=O) groups is 1. The summed E-state index contributed by atoms with van der Waals surface area (Å²) in [5.41, 5.74) is 4.02. The van der Waals surface area contributed by atoms with Crippen molar-refractivity contribution in [3.63, 3.8) is 0 Å². The summed E-state index contributed by atoms with van der Waals surface area (Å²) in [5.74, 6) is 0.812. The van der Waals surface area contributed by atoms with Crippen molar-refractivity contribution in [1.29, 1.82) is 0 Å². The lowest BCUT2D eigenvalue weighted by Gasteiger charge is -2.09. The largest absolute Gasteiger partial charge is 0.293 e. The van der Waals surface area contributed by atoms with Gasteiger partial charge in [0.05, 0.1) is 5.75 Å². The molecule has 1 aromatic carbocycles. The van der Waals surface area contributed by atoms with Crippen LogP contribution in [0.2, 0.25) is 0 Å². The van der Waals surface area contributed by atoms with Crippen LogP contribution in [-0.2, 0) is 10.8 Å². The third kappa shape index (κ3) is 4.90. The molecule has 1 rings (SSSR count). The van der Waals surface area contributed by atoms with Crippen molar-refractivity contribution in [2.24, 2.45) is 0 Å². The molecule has 1 aromatic rings. The van der Waals surface area contributed by atoms with E-state index in [1.165, 1.54) is 5.56 Å². The quantitative estimate of drug-likeness (QED) is 0.563. The molecule has 0 fully saturated rings. The second-order valence-corrected chi connectivity index (χ2v) is 6.75. The first-order valence-corrected chi connectivity index (χ1v) is 8.40. The minimum absolute atomic E-state index is 0.00966. The average Bonchev–Trinajstić information content (AvgIpc) is 2.34. The molecule has 0 N–H and O–H groups in total. The lowest BCUT2D eigenvalue weighted by molar-refractivity contribution is 0.102. The molecule has 0 spiro atoms. The Labute approximate surface area is 119 Å². The van der Waals surface area contributed by atoms with Gasteiger partial charge in [-0.1, -0.05) is 25.8 Å². The molecule has 0 aliphatic carbocycles. The number of hydrogen-bond acceptors (Lipinski definition) is 2. The number of hydrogen-bond donors (Lipinski definition) is 0. The van der Waals surface area contributed by atoms with Gasteiger partial charge in [-0.2, -0.15) is 0 Å². The van der Waals surface area contributed by atoms with Crippen molar-refractivity contribution in [3.8, 4) is 0 Å². The van der Waals surface area contributed by atoms with Crippen molar-refractivity contribution < 1.29 is 9.00 Å². The van der Waals surface area contributed by atoms with Gasteiger partial charge in [-0.3, -0.25) is 9.00 Å². The van der Waals surface area contributed by atoms with Gasteiger partial charge in [0.2, 0.25) is 0 Å². The Morgan fingerprint density at radius 3 is 2.32 bits per heavy atom. The van der Waals surface area contributed by atoms with Crippen LogP contribution in [0.25, 0.3) is 0 Å².